The van der Waals surface area contributed by atoms with Gasteiger partial charge in [0.1, 0.15) is 41.0 Å². The Hall–Kier alpha value is -3.99. The summed E-state index contributed by atoms with van der Waals surface area (Å²) in [5, 5.41) is 5.76. The highest BCUT2D eigenvalue weighted by atomic mass is 32.1. The van der Waals surface area contributed by atoms with Gasteiger partial charge in [0.15, 0.2) is 5.76 Å². The molecular formula is C25H25N5O5S. The number of hydrogen-bond donors (Lipinski definition) is 0. The summed E-state index contributed by atoms with van der Waals surface area (Å²) in [5.41, 5.74) is 1.35. The molecule has 1 fully saturated rings. The number of nitrogens with zero attached hydrogens (tertiary/aromatic N) is 5. The van der Waals surface area contributed by atoms with E-state index in [2.05, 4.69) is 20.0 Å². The highest BCUT2D eigenvalue weighted by Crippen LogP contribution is 2.38. The quantitative estimate of drug-likeness (QED) is 0.297. The number of benzene rings is 1. The van der Waals surface area contributed by atoms with Crippen molar-refractivity contribution in [3.63, 3.8) is 0 Å². The summed E-state index contributed by atoms with van der Waals surface area (Å²) in [5.74, 6) is 3.66. The van der Waals surface area contributed by atoms with Gasteiger partial charge in [0.25, 0.3) is 5.19 Å². The maximum atomic E-state index is 6.38. The maximum Gasteiger partial charge on any atom is 0.294 e. The molecule has 1 atom stereocenters. The fourth-order valence-electron chi connectivity index (χ4n) is 4.49. The van der Waals surface area contributed by atoms with Crippen LogP contribution in [0.15, 0.2) is 47.1 Å². The number of rotatable bonds is 8. The van der Waals surface area contributed by atoms with E-state index in [1.54, 1.807) is 32.0 Å². The molecule has 5 aromatic rings. The minimum atomic E-state index is 0.208. The van der Waals surface area contributed by atoms with Gasteiger partial charge < -0.3 is 28.3 Å². The van der Waals surface area contributed by atoms with Crippen molar-refractivity contribution in [3.05, 3.63) is 42.7 Å². The Morgan fingerprint density at radius 2 is 1.97 bits per heavy atom. The first-order valence-corrected chi connectivity index (χ1v) is 12.4. The molecule has 0 saturated carbocycles. The molecule has 11 heteroatoms. The third kappa shape index (κ3) is 4.05. The molecule has 1 aromatic carbocycles. The Morgan fingerprint density at radius 3 is 2.72 bits per heavy atom. The van der Waals surface area contributed by atoms with Gasteiger partial charge in [-0.15, -0.1) is 5.10 Å². The molecule has 6 rings (SSSR count). The number of imidazole rings is 1. The van der Waals surface area contributed by atoms with Gasteiger partial charge in [0, 0.05) is 18.7 Å². The van der Waals surface area contributed by atoms with Gasteiger partial charge in [-0.3, -0.25) is 0 Å². The van der Waals surface area contributed by atoms with E-state index in [0.717, 1.165) is 41.3 Å². The van der Waals surface area contributed by atoms with E-state index in [0.29, 0.717) is 40.3 Å². The number of methoxy groups -OCH3 is 3. The van der Waals surface area contributed by atoms with Crippen molar-refractivity contribution in [1.82, 2.24) is 19.6 Å². The molecule has 5 heterocycles. The Bertz CT molecular complexity index is 1480. The molecule has 0 spiro atoms. The Labute approximate surface area is 211 Å². The van der Waals surface area contributed by atoms with Crippen LogP contribution < -0.4 is 23.8 Å². The second-order valence-corrected chi connectivity index (χ2v) is 9.35. The van der Waals surface area contributed by atoms with Crippen molar-refractivity contribution in [2.75, 3.05) is 39.4 Å². The summed E-state index contributed by atoms with van der Waals surface area (Å²) in [7, 11) is 4.86. The summed E-state index contributed by atoms with van der Waals surface area (Å²) >= 11 is 1.37. The molecule has 10 nitrogen and oxygen atoms in total. The number of fused-ring (bicyclic) bond motifs is 2. The highest BCUT2D eigenvalue weighted by Gasteiger charge is 2.27. The fraction of sp³-hybridized carbons (Fsp3) is 0.320. The molecule has 0 unspecified atom stereocenters. The summed E-state index contributed by atoms with van der Waals surface area (Å²) in [6.07, 6.45) is 5.68. The molecule has 0 bridgehead atoms. The number of pyridine rings is 1. The zero-order valence-electron chi connectivity index (χ0n) is 20.1. The molecule has 0 N–H and O–H groups in total. The van der Waals surface area contributed by atoms with E-state index in [1.807, 2.05) is 36.5 Å². The molecule has 4 aromatic heterocycles. The Morgan fingerprint density at radius 1 is 1.08 bits per heavy atom. The highest BCUT2D eigenvalue weighted by molar-refractivity contribution is 7.18. The van der Waals surface area contributed by atoms with Crippen LogP contribution in [0.3, 0.4) is 0 Å². The fourth-order valence-corrected chi connectivity index (χ4v) is 5.19. The van der Waals surface area contributed by atoms with Crippen LogP contribution in [0.2, 0.25) is 0 Å². The summed E-state index contributed by atoms with van der Waals surface area (Å²) < 4.78 is 30.2. The van der Waals surface area contributed by atoms with E-state index >= 15 is 0 Å². The van der Waals surface area contributed by atoms with Crippen molar-refractivity contribution >= 4 is 33.1 Å². The first kappa shape index (κ1) is 22.5. The molecule has 1 aliphatic rings. The van der Waals surface area contributed by atoms with E-state index < -0.39 is 0 Å². The number of ether oxygens (including phenoxy) is 4. The molecule has 186 valence electrons. The van der Waals surface area contributed by atoms with Gasteiger partial charge in [-0.2, -0.15) is 0 Å². The van der Waals surface area contributed by atoms with Crippen LogP contribution in [0.4, 0.5) is 5.82 Å². The SMILES string of the molecule is COc1ccc(N2CCC[C@H]2COc2cc(OC)cc3oc(-c4cn5nc(OC)sc5n4)cc23)nc1. The molecule has 1 saturated heterocycles. The van der Waals surface area contributed by atoms with Crippen molar-refractivity contribution in [2.24, 2.45) is 0 Å². The smallest absolute Gasteiger partial charge is 0.294 e. The van der Waals surface area contributed by atoms with Crippen LogP contribution in [0.5, 0.6) is 22.4 Å². The van der Waals surface area contributed by atoms with Crippen LogP contribution in [0.25, 0.3) is 27.4 Å². The maximum absolute atomic E-state index is 6.38. The average Bonchev–Trinajstić information content (AvgIpc) is 3.69. The summed E-state index contributed by atoms with van der Waals surface area (Å²) in [6, 6.07) is 9.83. The van der Waals surface area contributed by atoms with Crippen molar-refractivity contribution in [2.45, 2.75) is 18.9 Å². The zero-order chi connectivity index (χ0) is 24.6. The number of hydrogen-bond acceptors (Lipinski definition) is 10. The van der Waals surface area contributed by atoms with Crippen LogP contribution in [-0.2, 0) is 0 Å². The van der Waals surface area contributed by atoms with Crippen LogP contribution >= 0.6 is 11.3 Å². The van der Waals surface area contributed by atoms with Gasteiger partial charge in [0.2, 0.25) is 4.96 Å². The van der Waals surface area contributed by atoms with E-state index in [4.69, 9.17) is 23.4 Å². The van der Waals surface area contributed by atoms with E-state index in [9.17, 15) is 0 Å². The standard InChI is InChI=1S/C25H25N5O5S/c1-31-16-6-7-23(26-12-16)29-8-4-5-15(29)14-34-20-9-17(32-2)10-21-18(20)11-22(35-21)19-13-30-24(27-19)36-25(28-30)33-3/h6-7,9-13,15H,4-5,8,14H2,1-3H3/t15-/m0/s1. The second-order valence-electron chi connectivity index (χ2n) is 8.43. The van der Waals surface area contributed by atoms with Crippen molar-refractivity contribution < 1.29 is 23.4 Å². The predicted octanol–water partition coefficient (Wildman–Crippen LogP) is 4.67. The third-order valence-electron chi connectivity index (χ3n) is 6.32. The zero-order valence-corrected chi connectivity index (χ0v) is 20.9. The topological polar surface area (TPSA) is 96.4 Å². The molecule has 0 aliphatic carbocycles. The third-order valence-corrected chi connectivity index (χ3v) is 7.20. The minimum Gasteiger partial charge on any atom is -0.496 e. The Balaban J connectivity index is 1.26. The van der Waals surface area contributed by atoms with Gasteiger partial charge in [0.05, 0.1) is 45.2 Å². The molecule has 36 heavy (non-hydrogen) atoms. The van der Waals surface area contributed by atoms with Crippen LogP contribution in [0.1, 0.15) is 12.8 Å². The minimum absolute atomic E-state index is 0.208. The normalized spacial score (nSPS) is 15.6. The van der Waals surface area contributed by atoms with E-state index in [1.165, 1.54) is 11.3 Å². The largest absolute Gasteiger partial charge is 0.496 e. The summed E-state index contributed by atoms with van der Waals surface area (Å²) in [6.45, 7) is 1.45. The average molecular weight is 508 g/mol. The predicted molar refractivity (Wildman–Crippen MR) is 136 cm³/mol. The summed E-state index contributed by atoms with van der Waals surface area (Å²) in [4.78, 5) is 12.2. The lowest BCUT2D eigenvalue weighted by molar-refractivity contribution is 0.289. The first-order valence-electron chi connectivity index (χ1n) is 11.6. The van der Waals surface area contributed by atoms with Crippen LogP contribution in [0, 0.1) is 0 Å². The second kappa shape index (κ2) is 9.23. The molecule has 1 aliphatic heterocycles. The van der Waals surface area contributed by atoms with Gasteiger partial charge >= 0.3 is 0 Å². The van der Waals surface area contributed by atoms with Crippen LogP contribution in [-0.4, -0.2) is 60.1 Å². The van der Waals surface area contributed by atoms with Gasteiger partial charge in [-0.05, 0) is 42.4 Å². The Kier molecular flexibility index (Phi) is 5.76. The van der Waals surface area contributed by atoms with E-state index in [-0.39, 0.29) is 6.04 Å². The molecular weight excluding hydrogens is 482 g/mol. The van der Waals surface area contributed by atoms with Gasteiger partial charge in [-0.25, -0.2) is 14.5 Å². The molecule has 0 radical (unpaired) electrons. The lowest BCUT2D eigenvalue weighted by Crippen LogP contribution is -2.34. The van der Waals surface area contributed by atoms with Gasteiger partial charge in [-0.1, -0.05) is 0 Å². The first-order chi connectivity index (χ1) is 17.6. The number of anilines is 1. The molecule has 0 amide bonds. The number of furan rings is 1. The lowest BCUT2D eigenvalue weighted by Gasteiger charge is -2.26. The lowest BCUT2D eigenvalue weighted by atomic mass is 10.2. The number of aromatic nitrogens is 4. The van der Waals surface area contributed by atoms with Crippen molar-refractivity contribution in [1.29, 1.82) is 0 Å². The monoisotopic (exact) mass is 507 g/mol. The van der Waals surface area contributed by atoms with Crippen molar-refractivity contribution in [3.8, 4) is 33.9 Å².